The Hall–Kier alpha value is -1.63. The third-order valence-electron chi connectivity index (χ3n) is 3.61. The molecule has 2 rings (SSSR count). The molecule has 0 spiro atoms. The number of hydrogen-bond donors (Lipinski definition) is 1. The van der Waals surface area contributed by atoms with Gasteiger partial charge in [-0.2, -0.15) is 8.78 Å². The molecule has 7 heteroatoms. The molecule has 0 aliphatic carbocycles. The van der Waals surface area contributed by atoms with E-state index in [-0.39, 0.29) is 17.0 Å². The van der Waals surface area contributed by atoms with Crippen LogP contribution < -0.4 is 0 Å². The summed E-state index contributed by atoms with van der Waals surface area (Å²) in [6, 6.07) is 6.15. The van der Waals surface area contributed by atoms with Crippen molar-refractivity contribution in [3.8, 4) is 0 Å². The molecule has 4 nitrogen and oxygen atoms in total. The average molecular weight is 315 g/mol. The highest BCUT2D eigenvalue weighted by Gasteiger charge is 2.42. The first-order valence-electron chi connectivity index (χ1n) is 6.40. The van der Waals surface area contributed by atoms with Gasteiger partial charge in [0.15, 0.2) is 0 Å². The van der Waals surface area contributed by atoms with Gasteiger partial charge in [-0.3, -0.25) is 9.59 Å². The van der Waals surface area contributed by atoms with Gasteiger partial charge in [0.25, 0.3) is 11.7 Å². The predicted octanol–water partition coefficient (Wildman–Crippen LogP) is 2.94. The largest absolute Gasteiger partial charge is 0.481 e. The molecule has 1 atom stereocenters. The van der Waals surface area contributed by atoms with E-state index < -0.39 is 23.0 Å². The first-order chi connectivity index (χ1) is 9.83. The Labute approximate surface area is 125 Å². The molecule has 1 aliphatic rings. The van der Waals surface area contributed by atoms with Crippen molar-refractivity contribution in [2.45, 2.75) is 24.0 Å². The van der Waals surface area contributed by atoms with Crippen LogP contribution in [0.15, 0.2) is 29.2 Å². The topological polar surface area (TPSA) is 57.6 Å². The second kappa shape index (κ2) is 6.01. The van der Waals surface area contributed by atoms with Crippen LogP contribution in [0.25, 0.3) is 0 Å². The van der Waals surface area contributed by atoms with Crippen molar-refractivity contribution in [3.05, 3.63) is 29.8 Å². The maximum atomic E-state index is 12.5. The van der Waals surface area contributed by atoms with Crippen LogP contribution in [0.2, 0.25) is 0 Å². The van der Waals surface area contributed by atoms with Crippen LogP contribution in [-0.2, 0) is 4.79 Å². The molecule has 1 aromatic carbocycles. The highest BCUT2D eigenvalue weighted by molar-refractivity contribution is 7.99. The van der Waals surface area contributed by atoms with Gasteiger partial charge in [-0.05, 0) is 25.5 Å². The van der Waals surface area contributed by atoms with Crippen LogP contribution in [0.3, 0.4) is 0 Å². The van der Waals surface area contributed by atoms with E-state index in [4.69, 9.17) is 0 Å². The van der Waals surface area contributed by atoms with Gasteiger partial charge in [-0.25, -0.2) is 0 Å². The SMILES string of the molecule is CC1(C(=O)O)CCN(C(=O)c2ccccc2SC(F)F)C1. The molecule has 1 unspecified atom stereocenters. The standard InChI is InChI=1S/C14H15F2NO3S/c1-14(12(19)20)6-7-17(8-14)11(18)9-4-2-3-5-10(9)21-13(15)16/h2-5,13H,6-8H2,1H3,(H,19,20). The molecule has 1 fully saturated rings. The zero-order valence-electron chi connectivity index (χ0n) is 11.4. The lowest BCUT2D eigenvalue weighted by Gasteiger charge is -2.21. The van der Waals surface area contributed by atoms with E-state index in [0.717, 1.165) is 0 Å². The smallest absolute Gasteiger partial charge is 0.311 e. The Morgan fingerprint density at radius 2 is 2.05 bits per heavy atom. The van der Waals surface area contributed by atoms with Gasteiger partial charge in [0.2, 0.25) is 0 Å². The van der Waals surface area contributed by atoms with Gasteiger partial charge < -0.3 is 10.0 Å². The Balaban J connectivity index is 2.20. The molecule has 0 bridgehead atoms. The van der Waals surface area contributed by atoms with Crippen LogP contribution in [-0.4, -0.2) is 40.7 Å². The number of nitrogens with zero attached hydrogens (tertiary/aromatic N) is 1. The summed E-state index contributed by atoms with van der Waals surface area (Å²) in [5.41, 5.74) is -0.780. The minimum Gasteiger partial charge on any atom is -0.481 e. The zero-order chi connectivity index (χ0) is 15.6. The lowest BCUT2D eigenvalue weighted by Crippen LogP contribution is -2.35. The summed E-state index contributed by atoms with van der Waals surface area (Å²) in [5.74, 6) is -3.96. The van der Waals surface area contributed by atoms with E-state index in [9.17, 15) is 23.5 Å². The van der Waals surface area contributed by atoms with Crippen molar-refractivity contribution < 1.29 is 23.5 Å². The third-order valence-corrected chi connectivity index (χ3v) is 4.40. The number of carbonyl (C=O) groups excluding carboxylic acids is 1. The average Bonchev–Trinajstić information content (AvgIpc) is 2.82. The number of rotatable bonds is 4. The molecule has 1 aromatic rings. The summed E-state index contributed by atoms with van der Waals surface area (Å²) >= 11 is 0.321. The van der Waals surface area contributed by atoms with Gasteiger partial charge >= 0.3 is 5.97 Å². The van der Waals surface area contributed by atoms with Crippen molar-refractivity contribution in [1.82, 2.24) is 4.90 Å². The van der Waals surface area contributed by atoms with Crippen LogP contribution in [0, 0.1) is 5.41 Å². The fourth-order valence-corrected chi connectivity index (χ4v) is 2.95. The molecule has 1 amide bonds. The quantitative estimate of drug-likeness (QED) is 0.868. The number of benzene rings is 1. The molecular weight excluding hydrogens is 300 g/mol. The van der Waals surface area contributed by atoms with Crippen molar-refractivity contribution in [1.29, 1.82) is 0 Å². The van der Waals surface area contributed by atoms with Crippen LogP contribution in [0.1, 0.15) is 23.7 Å². The van der Waals surface area contributed by atoms with Crippen LogP contribution in [0.4, 0.5) is 8.78 Å². The summed E-state index contributed by atoms with van der Waals surface area (Å²) in [5, 5.41) is 9.17. The van der Waals surface area contributed by atoms with E-state index in [1.807, 2.05) is 0 Å². The number of hydrogen-bond acceptors (Lipinski definition) is 3. The Bertz CT molecular complexity index is 567. The van der Waals surface area contributed by atoms with E-state index in [1.54, 1.807) is 19.1 Å². The minimum atomic E-state index is -2.61. The highest BCUT2D eigenvalue weighted by atomic mass is 32.2. The first kappa shape index (κ1) is 15.8. The number of carboxylic acids is 1. The van der Waals surface area contributed by atoms with Crippen molar-refractivity contribution in [2.24, 2.45) is 5.41 Å². The monoisotopic (exact) mass is 315 g/mol. The van der Waals surface area contributed by atoms with Crippen molar-refractivity contribution >= 4 is 23.6 Å². The summed E-state index contributed by atoms with van der Waals surface area (Å²) < 4.78 is 25.1. The summed E-state index contributed by atoms with van der Waals surface area (Å²) in [6.07, 6.45) is 0.359. The molecule has 21 heavy (non-hydrogen) atoms. The number of thioether (sulfide) groups is 1. The maximum Gasteiger partial charge on any atom is 0.311 e. The molecule has 1 saturated heterocycles. The summed E-state index contributed by atoms with van der Waals surface area (Å²) in [6.45, 7) is 1.99. The number of aliphatic carboxylic acids is 1. The van der Waals surface area contributed by atoms with Gasteiger partial charge in [0.1, 0.15) is 0 Å². The molecule has 114 valence electrons. The van der Waals surface area contributed by atoms with Gasteiger partial charge in [0.05, 0.1) is 11.0 Å². The fourth-order valence-electron chi connectivity index (χ4n) is 2.32. The Morgan fingerprint density at radius 3 is 2.62 bits per heavy atom. The Kier molecular flexibility index (Phi) is 4.51. The fraction of sp³-hybridized carbons (Fsp3) is 0.429. The molecule has 0 aromatic heterocycles. The van der Waals surface area contributed by atoms with E-state index >= 15 is 0 Å². The van der Waals surface area contributed by atoms with Crippen LogP contribution in [0.5, 0.6) is 0 Å². The Morgan fingerprint density at radius 1 is 1.38 bits per heavy atom. The van der Waals surface area contributed by atoms with Crippen molar-refractivity contribution in [3.63, 3.8) is 0 Å². The lowest BCUT2D eigenvalue weighted by molar-refractivity contribution is -0.147. The normalized spacial score (nSPS) is 21.8. The number of amides is 1. The lowest BCUT2D eigenvalue weighted by atomic mass is 9.90. The number of carbonyl (C=O) groups is 2. The second-order valence-electron chi connectivity index (χ2n) is 5.22. The van der Waals surface area contributed by atoms with Gasteiger partial charge in [0, 0.05) is 18.0 Å². The van der Waals surface area contributed by atoms with Gasteiger partial charge in [-0.1, -0.05) is 23.9 Å². The second-order valence-corrected chi connectivity index (χ2v) is 6.25. The van der Waals surface area contributed by atoms with E-state index in [2.05, 4.69) is 0 Å². The predicted molar refractivity (Wildman–Crippen MR) is 74.6 cm³/mol. The van der Waals surface area contributed by atoms with E-state index in [1.165, 1.54) is 17.0 Å². The molecule has 0 radical (unpaired) electrons. The number of alkyl halides is 2. The van der Waals surface area contributed by atoms with E-state index in [0.29, 0.717) is 24.7 Å². The summed E-state index contributed by atoms with van der Waals surface area (Å²) in [7, 11) is 0. The zero-order valence-corrected chi connectivity index (χ0v) is 12.2. The van der Waals surface area contributed by atoms with Crippen molar-refractivity contribution in [2.75, 3.05) is 13.1 Å². The molecule has 1 aliphatic heterocycles. The minimum absolute atomic E-state index is 0.0921. The summed E-state index contributed by atoms with van der Waals surface area (Å²) in [4.78, 5) is 25.3. The highest BCUT2D eigenvalue weighted by Crippen LogP contribution is 2.33. The van der Waals surface area contributed by atoms with Gasteiger partial charge in [-0.15, -0.1) is 0 Å². The van der Waals surface area contributed by atoms with Crippen LogP contribution >= 0.6 is 11.8 Å². The number of halogens is 2. The molecular formula is C14H15F2NO3S. The molecule has 0 saturated carbocycles. The number of carboxylic acid groups (broad SMARTS) is 1. The first-order valence-corrected chi connectivity index (χ1v) is 7.28. The third kappa shape index (κ3) is 3.34. The maximum absolute atomic E-state index is 12.5. The number of likely N-dealkylation sites (tertiary alicyclic amines) is 1. The molecule has 1 N–H and O–H groups in total. The molecule has 1 heterocycles.